The molecule has 2 aliphatic rings. The van der Waals surface area contributed by atoms with Crippen molar-refractivity contribution in [2.45, 2.75) is 19.9 Å². The number of carbonyl (C=O) groups excluding carboxylic acids is 2. The molecule has 28 heavy (non-hydrogen) atoms. The second kappa shape index (κ2) is 7.72. The maximum atomic E-state index is 12.8. The summed E-state index contributed by atoms with van der Waals surface area (Å²) in [5, 5.41) is 2.90. The Bertz CT molecular complexity index is 940. The molecular formula is C21H21N3O4. The zero-order valence-electron chi connectivity index (χ0n) is 15.6. The molecule has 0 bridgehead atoms. The minimum absolute atomic E-state index is 0.158. The number of amides is 2. The van der Waals surface area contributed by atoms with Crippen molar-refractivity contribution >= 4 is 17.5 Å². The standard InChI is InChI=1S/C21H21N3O4/c1-14-19(28-11-10-27-14)21(26)24-9-6-15-2-3-18(12-17(15)13-24)23-20(25)16-4-7-22-8-5-16/h2-5,7-8,12H,6,9-11,13H2,1H3,(H,23,25). The average molecular weight is 379 g/mol. The van der Waals surface area contributed by atoms with Crippen LogP contribution < -0.4 is 5.32 Å². The number of nitrogens with one attached hydrogen (secondary N) is 1. The molecule has 2 aliphatic heterocycles. The molecule has 1 aromatic heterocycles. The minimum atomic E-state index is -0.195. The molecule has 2 amide bonds. The smallest absolute Gasteiger partial charge is 0.292 e. The molecule has 2 aromatic rings. The first-order chi connectivity index (χ1) is 13.6. The van der Waals surface area contributed by atoms with Crippen LogP contribution in [0.2, 0.25) is 0 Å². The zero-order valence-corrected chi connectivity index (χ0v) is 15.6. The highest BCUT2D eigenvalue weighted by Gasteiger charge is 2.28. The molecule has 1 N–H and O–H groups in total. The number of nitrogens with zero attached hydrogens (tertiary/aromatic N) is 2. The number of hydrogen-bond donors (Lipinski definition) is 1. The lowest BCUT2D eigenvalue weighted by Gasteiger charge is -2.31. The fourth-order valence-corrected chi connectivity index (χ4v) is 3.38. The maximum Gasteiger partial charge on any atom is 0.292 e. The van der Waals surface area contributed by atoms with Crippen LogP contribution in [0.15, 0.2) is 54.2 Å². The Balaban J connectivity index is 1.50. The number of carbonyl (C=O) groups is 2. The Labute approximate surface area is 163 Å². The summed E-state index contributed by atoms with van der Waals surface area (Å²) in [6, 6.07) is 9.14. The summed E-state index contributed by atoms with van der Waals surface area (Å²) in [4.78, 5) is 30.8. The molecule has 0 spiro atoms. The molecule has 0 atom stereocenters. The second-order valence-corrected chi connectivity index (χ2v) is 6.73. The number of benzene rings is 1. The van der Waals surface area contributed by atoms with Gasteiger partial charge in [0.15, 0.2) is 0 Å². The van der Waals surface area contributed by atoms with Crippen molar-refractivity contribution in [3.63, 3.8) is 0 Å². The fraction of sp³-hybridized carbons (Fsp3) is 0.286. The number of pyridine rings is 1. The molecule has 4 rings (SSSR count). The number of rotatable bonds is 3. The van der Waals surface area contributed by atoms with Crippen molar-refractivity contribution in [3.05, 3.63) is 70.9 Å². The van der Waals surface area contributed by atoms with E-state index in [4.69, 9.17) is 9.47 Å². The molecular weight excluding hydrogens is 358 g/mol. The van der Waals surface area contributed by atoms with Crippen molar-refractivity contribution in [2.24, 2.45) is 0 Å². The normalized spacial score (nSPS) is 16.0. The second-order valence-electron chi connectivity index (χ2n) is 6.73. The van der Waals surface area contributed by atoms with Gasteiger partial charge in [0.05, 0.1) is 0 Å². The van der Waals surface area contributed by atoms with Gasteiger partial charge in [-0.15, -0.1) is 0 Å². The molecule has 0 fully saturated rings. The van der Waals surface area contributed by atoms with Gasteiger partial charge in [0.1, 0.15) is 19.0 Å². The summed E-state index contributed by atoms with van der Waals surface area (Å²) in [6.07, 6.45) is 3.92. The van der Waals surface area contributed by atoms with Gasteiger partial charge in [0.25, 0.3) is 11.8 Å². The third-order valence-corrected chi connectivity index (χ3v) is 4.87. The van der Waals surface area contributed by atoms with E-state index in [2.05, 4.69) is 10.3 Å². The van der Waals surface area contributed by atoms with Crippen LogP contribution in [0.25, 0.3) is 0 Å². The van der Waals surface area contributed by atoms with Gasteiger partial charge in [0, 0.05) is 36.7 Å². The van der Waals surface area contributed by atoms with Crippen LogP contribution in [0.5, 0.6) is 0 Å². The Morgan fingerprint density at radius 3 is 2.64 bits per heavy atom. The lowest BCUT2D eigenvalue weighted by molar-refractivity contribution is -0.133. The Morgan fingerprint density at radius 1 is 1.07 bits per heavy atom. The number of ether oxygens (including phenoxy) is 2. The molecule has 7 nitrogen and oxygen atoms in total. The predicted octanol–water partition coefficient (Wildman–Crippen LogP) is 2.50. The first-order valence-corrected chi connectivity index (χ1v) is 9.21. The van der Waals surface area contributed by atoms with E-state index in [0.717, 1.165) is 12.0 Å². The molecule has 0 aliphatic carbocycles. The van der Waals surface area contributed by atoms with Crippen LogP contribution in [0.1, 0.15) is 28.4 Å². The summed E-state index contributed by atoms with van der Waals surface area (Å²) in [5.41, 5.74) is 3.43. The lowest BCUT2D eigenvalue weighted by Crippen LogP contribution is -2.38. The van der Waals surface area contributed by atoms with Crippen LogP contribution >= 0.6 is 0 Å². The van der Waals surface area contributed by atoms with Gasteiger partial charge in [-0.1, -0.05) is 6.07 Å². The van der Waals surface area contributed by atoms with Crippen molar-refractivity contribution in [1.82, 2.24) is 9.88 Å². The molecule has 0 saturated heterocycles. The highest BCUT2D eigenvalue weighted by molar-refractivity contribution is 6.04. The number of allylic oxidation sites excluding steroid dienone is 1. The Morgan fingerprint density at radius 2 is 1.86 bits per heavy atom. The molecule has 1 aromatic carbocycles. The van der Waals surface area contributed by atoms with Crippen LogP contribution in [0.4, 0.5) is 5.69 Å². The molecule has 0 radical (unpaired) electrons. The van der Waals surface area contributed by atoms with Crippen molar-refractivity contribution in [2.75, 3.05) is 25.1 Å². The van der Waals surface area contributed by atoms with Gasteiger partial charge >= 0.3 is 0 Å². The van der Waals surface area contributed by atoms with Crippen molar-refractivity contribution in [3.8, 4) is 0 Å². The summed E-state index contributed by atoms with van der Waals surface area (Å²) < 4.78 is 11.0. The van der Waals surface area contributed by atoms with E-state index in [1.807, 2.05) is 18.2 Å². The molecule has 0 unspecified atom stereocenters. The molecule has 3 heterocycles. The molecule has 7 heteroatoms. The summed E-state index contributed by atoms with van der Waals surface area (Å²) in [6.45, 7) is 3.68. The van der Waals surface area contributed by atoms with E-state index >= 15 is 0 Å². The lowest BCUT2D eigenvalue weighted by atomic mass is 9.98. The molecule has 144 valence electrons. The van der Waals surface area contributed by atoms with Crippen LogP contribution in [0.3, 0.4) is 0 Å². The SMILES string of the molecule is CC1=C(C(=O)N2CCc3ccc(NC(=O)c4ccncc4)cc3C2)OCCO1. The molecule has 0 saturated carbocycles. The maximum absolute atomic E-state index is 12.8. The fourth-order valence-electron chi connectivity index (χ4n) is 3.38. The van der Waals surface area contributed by atoms with E-state index in [1.165, 1.54) is 5.56 Å². The topological polar surface area (TPSA) is 80.8 Å². The van der Waals surface area contributed by atoms with E-state index in [-0.39, 0.29) is 17.6 Å². The summed E-state index contributed by atoms with van der Waals surface area (Å²) >= 11 is 0. The zero-order chi connectivity index (χ0) is 19.5. The van der Waals surface area contributed by atoms with E-state index in [9.17, 15) is 9.59 Å². The quantitative estimate of drug-likeness (QED) is 0.886. The van der Waals surface area contributed by atoms with E-state index in [1.54, 1.807) is 36.4 Å². The third-order valence-electron chi connectivity index (χ3n) is 4.87. The monoisotopic (exact) mass is 379 g/mol. The van der Waals surface area contributed by atoms with Crippen LogP contribution in [-0.4, -0.2) is 41.5 Å². The number of hydrogen-bond acceptors (Lipinski definition) is 5. The average Bonchev–Trinajstić information content (AvgIpc) is 2.73. The van der Waals surface area contributed by atoms with E-state index < -0.39 is 0 Å². The van der Waals surface area contributed by atoms with Gasteiger partial charge in [0.2, 0.25) is 5.76 Å². The highest BCUT2D eigenvalue weighted by atomic mass is 16.6. The number of aromatic nitrogens is 1. The summed E-state index contributed by atoms with van der Waals surface area (Å²) in [5.74, 6) is 0.464. The van der Waals surface area contributed by atoms with E-state index in [0.29, 0.717) is 43.3 Å². The van der Waals surface area contributed by atoms with Gasteiger partial charge in [-0.3, -0.25) is 14.6 Å². The Kier molecular flexibility index (Phi) is 4.97. The van der Waals surface area contributed by atoms with Gasteiger partial charge in [-0.2, -0.15) is 0 Å². The highest BCUT2D eigenvalue weighted by Crippen LogP contribution is 2.25. The number of anilines is 1. The predicted molar refractivity (Wildman–Crippen MR) is 102 cm³/mol. The Hall–Kier alpha value is -3.35. The van der Waals surface area contributed by atoms with Crippen LogP contribution in [0, 0.1) is 0 Å². The number of fused-ring (bicyclic) bond motifs is 1. The first kappa shape index (κ1) is 18.0. The van der Waals surface area contributed by atoms with Crippen LogP contribution in [-0.2, 0) is 27.2 Å². The summed E-state index contributed by atoms with van der Waals surface area (Å²) in [7, 11) is 0. The third kappa shape index (κ3) is 3.69. The minimum Gasteiger partial charge on any atom is -0.491 e. The largest absolute Gasteiger partial charge is 0.491 e. The van der Waals surface area contributed by atoms with Crippen molar-refractivity contribution < 1.29 is 19.1 Å². The van der Waals surface area contributed by atoms with Gasteiger partial charge in [-0.25, -0.2) is 0 Å². The van der Waals surface area contributed by atoms with Gasteiger partial charge in [-0.05, 0) is 48.7 Å². The first-order valence-electron chi connectivity index (χ1n) is 9.21. The van der Waals surface area contributed by atoms with Crippen molar-refractivity contribution in [1.29, 1.82) is 0 Å². The van der Waals surface area contributed by atoms with Gasteiger partial charge < -0.3 is 19.7 Å².